The lowest BCUT2D eigenvalue weighted by Crippen LogP contribution is -2.34. The highest BCUT2D eigenvalue weighted by Crippen LogP contribution is 2.36. The molecule has 0 atom stereocenters. The molecule has 0 unspecified atom stereocenters. The number of nitrogens with zero attached hydrogens (tertiary/aromatic N) is 1. The molecule has 0 bridgehead atoms. The van der Waals surface area contributed by atoms with E-state index in [-0.39, 0.29) is 0 Å². The van der Waals surface area contributed by atoms with Crippen molar-refractivity contribution in [3.63, 3.8) is 0 Å². The van der Waals surface area contributed by atoms with Gasteiger partial charge >= 0.3 is 0 Å². The summed E-state index contributed by atoms with van der Waals surface area (Å²) in [5.41, 5.74) is 8.84. The van der Waals surface area contributed by atoms with Gasteiger partial charge in [0.25, 0.3) is 0 Å². The van der Waals surface area contributed by atoms with E-state index in [0.717, 1.165) is 6.42 Å². The smallest absolute Gasteiger partial charge is 0.0713 e. The summed E-state index contributed by atoms with van der Waals surface area (Å²) in [6.45, 7) is 3.19. The van der Waals surface area contributed by atoms with Crippen molar-refractivity contribution >= 4 is 5.69 Å². The second kappa shape index (κ2) is 6.37. The van der Waals surface area contributed by atoms with Crippen LogP contribution in [0.3, 0.4) is 0 Å². The highest BCUT2D eigenvalue weighted by molar-refractivity contribution is 5.64. The molecule has 4 rings (SSSR count). The van der Waals surface area contributed by atoms with Gasteiger partial charge in [-0.15, -0.1) is 0 Å². The van der Waals surface area contributed by atoms with E-state index in [1.54, 1.807) is 23.9 Å². The van der Waals surface area contributed by atoms with Crippen molar-refractivity contribution in [3.05, 3.63) is 64.2 Å². The molecular weight excluding hydrogens is 282 g/mol. The standard InChI is InChI=1S/C21H25NO/c1-23-15-17-8-6-16(7-9-17)12-18-13-19-4-2-10-22-11-3-5-20(14-18)21(19)22/h6-9,13-14H,2-5,10-12,15H2,1H3. The van der Waals surface area contributed by atoms with Crippen LogP contribution >= 0.6 is 0 Å². The molecule has 0 radical (unpaired) electrons. The number of hydrogen-bond acceptors (Lipinski definition) is 2. The first kappa shape index (κ1) is 14.8. The molecule has 2 aromatic rings. The highest BCUT2D eigenvalue weighted by atomic mass is 16.5. The van der Waals surface area contributed by atoms with Gasteiger partial charge in [0.2, 0.25) is 0 Å². The molecule has 0 fully saturated rings. The number of methoxy groups -OCH3 is 1. The zero-order valence-corrected chi connectivity index (χ0v) is 14.0. The molecule has 2 aliphatic rings. The minimum atomic E-state index is 0.694. The van der Waals surface area contributed by atoms with Crippen molar-refractivity contribution < 1.29 is 4.74 Å². The maximum atomic E-state index is 5.19. The Hall–Kier alpha value is -1.80. The van der Waals surface area contributed by atoms with Crippen molar-refractivity contribution in [2.24, 2.45) is 0 Å². The zero-order chi connectivity index (χ0) is 15.6. The maximum absolute atomic E-state index is 5.19. The minimum absolute atomic E-state index is 0.694. The molecule has 2 aromatic carbocycles. The first-order chi connectivity index (χ1) is 11.3. The van der Waals surface area contributed by atoms with E-state index in [9.17, 15) is 0 Å². The second-order valence-corrected chi connectivity index (χ2v) is 6.88. The summed E-state index contributed by atoms with van der Waals surface area (Å²) in [6.07, 6.45) is 6.15. The van der Waals surface area contributed by atoms with Crippen LogP contribution in [0.15, 0.2) is 36.4 Å². The molecule has 2 aliphatic heterocycles. The Morgan fingerprint density at radius 2 is 1.48 bits per heavy atom. The second-order valence-electron chi connectivity index (χ2n) is 6.88. The summed E-state index contributed by atoms with van der Waals surface area (Å²) in [6, 6.07) is 13.8. The van der Waals surface area contributed by atoms with Crippen LogP contribution in [0.4, 0.5) is 5.69 Å². The van der Waals surface area contributed by atoms with E-state index in [4.69, 9.17) is 4.74 Å². The number of anilines is 1. The van der Waals surface area contributed by atoms with Gasteiger partial charge in [-0.25, -0.2) is 0 Å². The normalized spacial score (nSPS) is 16.3. The van der Waals surface area contributed by atoms with Gasteiger partial charge in [0.1, 0.15) is 0 Å². The van der Waals surface area contributed by atoms with E-state index in [2.05, 4.69) is 41.3 Å². The first-order valence-corrected chi connectivity index (χ1v) is 8.80. The molecule has 0 saturated heterocycles. The third kappa shape index (κ3) is 3.00. The average molecular weight is 307 g/mol. The number of rotatable bonds is 4. The molecule has 0 aliphatic carbocycles. The Bertz CT molecular complexity index is 658. The molecule has 23 heavy (non-hydrogen) atoms. The summed E-state index contributed by atoms with van der Waals surface area (Å²) in [5, 5.41) is 0. The van der Waals surface area contributed by atoms with E-state index in [1.807, 2.05) is 0 Å². The number of ether oxygens (including phenoxy) is 1. The Morgan fingerprint density at radius 1 is 0.870 bits per heavy atom. The molecule has 0 spiro atoms. The lowest BCUT2D eigenvalue weighted by Gasteiger charge is -2.37. The highest BCUT2D eigenvalue weighted by Gasteiger charge is 2.24. The quantitative estimate of drug-likeness (QED) is 0.842. The van der Waals surface area contributed by atoms with Gasteiger partial charge in [-0.1, -0.05) is 36.4 Å². The first-order valence-electron chi connectivity index (χ1n) is 8.80. The van der Waals surface area contributed by atoms with Gasteiger partial charge in [-0.05, 0) is 59.9 Å². The molecule has 0 saturated carbocycles. The summed E-state index contributed by atoms with van der Waals surface area (Å²) < 4.78 is 5.19. The summed E-state index contributed by atoms with van der Waals surface area (Å²) >= 11 is 0. The van der Waals surface area contributed by atoms with Crippen LogP contribution < -0.4 is 4.90 Å². The Kier molecular flexibility index (Phi) is 4.09. The molecule has 0 aromatic heterocycles. The fourth-order valence-corrected chi connectivity index (χ4v) is 4.13. The van der Waals surface area contributed by atoms with Gasteiger partial charge in [0.15, 0.2) is 0 Å². The summed E-state index contributed by atoms with van der Waals surface area (Å²) in [7, 11) is 1.75. The van der Waals surface area contributed by atoms with Crippen LogP contribution in [0.5, 0.6) is 0 Å². The van der Waals surface area contributed by atoms with E-state index in [0.29, 0.717) is 6.61 Å². The van der Waals surface area contributed by atoms with Crippen molar-refractivity contribution in [1.82, 2.24) is 0 Å². The Labute approximate surface area is 139 Å². The van der Waals surface area contributed by atoms with Gasteiger partial charge in [0.05, 0.1) is 6.61 Å². The van der Waals surface area contributed by atoms with Gasteiger partial charge < -0.3 is 9.64 Å². The van der Waals surface area contributed by atoms with Crippen LogP contribution in [0.25, 0.3) is 0 Å². The fourth-order valence-electron chi connectivity index (χ4n) is 4.13. The third-order valence-corrected chi connectivity index (χ3v) is 5.13. The largest absolute Gasteiger partial charge is 0.380 e. The van der Waals surface area contributed by atoms with Crippen LogP contribution in [-0.2, 0) is 30.6 Å². The molecule has 2 heterocycles. The van der Waals surface area contributed by atoms with Gasteiger partial charge in [-0.3, -0.25) is 0 Å². The number of aryl methyl sites for hydroxylation is 2. The SMILES string of the molecule is COCc1ccc(Cc2cc3c4c(c2)CCCN4CCC3)cc1. The van der Waals surface area contributed by atoms with Crippen LogP contribution in [-0.4, -0.2) is 20.2 Å². The monoisotopic (exact) mass is 307 g/mol. The fraction of sp³-hybridized carbons (Fsp3) is 0.429. The molecule has 2 heteroatoms. The predicted molar refractivity (Wildman–Crippen MR) is 95.3 cm³/mol. The maximum Gasteiger partial charge on any atom is 0.0713 e. The summed E-state index contributed by atoms with van der Waals surface area (Å²) in [4.78, 5) is 2.61. The van der Waals surface area contributed by atoms with Crippen LogP contribution in [0, 0.1) is 0 Å². The molecule has 0 amide bonds. The Morgan fingerprint density at radius 3 is 2.09 bits per heavy atom. The molecule has 2 nitrogen and oxygen atoms in total. The van der Waals surface area contributed by atoms with E-state index >= 15 is 0 Å². The minimum Gasteiger partial charge on any atom is -0.380 e. The lowest BCUT2D eigenvalue weighted by atomic mass is 9.88. The van der Waals surface area contributed by atoms with Crippen molar-refractivity contribution in [2.75, 3.05) is 25.1 Å². The Balaban J connectivity index is 1.60. The van der Waals surface area contributed by atoms with Gasteiger partial charge in [0, 0.05) is 25.9 Å². The van der Waals surface area contributed by atoms with Crippen molar-refractivity contribution in [1.29, 1.82) is 0 Å². The van der Waals surface area contributed by atoms with Gasteiger partial charge in [-0.2, -0.15) is 0 Å². The predicted octanol–water partition coefficient (Wildman–Crippen LogP) is 4.12. The van der Waals surface area contributed by atoms with Crippen LogP contribution in [0.2, 0.25) is 0 Å². The van der Waals surface area contributed by atoms with Crippen molar-refractivity contribution in [3.8, 4) is 0 Å². The molecule has 120 valence electrons. The molecule has 0 N–H and O–H groups in total. The van der Waals surface area contributed by atoms with E-state index < -0.39 is 0 Å². The van der Waals surface area contributed by atoms with Crippen LogP contribution in [0.1, 0.15) is 40.7 Å². The van der Waals surface area contributed by atoms with E-state index in [1.165, 1.54) is 55.5 Å². The molecular formula is C21H25NO. The zero-order valence-electron chi connectivity index (χ0n) is 14.0. The average Bonchev–Trinajstić information content (AvgIpc) is 2.57. The lowest BCUT2D eigenvalue weighted by molar-refractivity contribution is 0.185. The van der Waals surface area contributed by atoms with Crippen molar-refractivity contribution in [2.45, 2.75) is 38.7 Å². The third-order valence-electron chi connectivity index (χ3n) is 5.13. The number of hydrogen-bond donors (Lipinski definition) is 0. The number of benzene rings is 2. The summed E-state index contributed by atoms with van der Waals surface area (Å²) in [5.74, 6) is 0. The topological polar surface area (TPSA) is 12.5 Å².